The molecule has 0 aromatic carbocycles. The van der Waals surface area contributed by atoms with E-state index in [9.17, 15) is 0 Å². The Bertz CT molecular complexity index is 242. The third-order valence-electron chi connectivity index (χ3n) is 2.72. The van der Waals surface area contributed by atoms with E-state index < -0.39 is 0 Å². The van der Waals surface area contributed by atoms with Gasteiger partial charge >= 0.3 is 91.2 Å². The van der Waals surface area contributed by atoms with Gasteiger partial charge in [0.05, 0.1) is 0 Å². The van der Waals surface area contributed by atoms with E-state index in [2.05, 4.69) is 20.8 Å². The van der Waals surface area contributed by atoms with Crippen LogP contribution in [-0.4, -0.2) is 0 Å². The van der Waals surface area contributed by atoms with Crippen LogP contribution in [0.2, 0.25) is 0 Å². The van der Waals surface area contributed by atoms with Crippen LogP contribution >= 0.6 is 0 Å². The second-order valence-corrected chi connectivity index (χ2v) is 4.53. The van der Waals surface area contributed by atoms with E-state index >= 15 is 0 Å². The first kappa shape index (κ1) is 17.3. The van der Waals surface area contributed by atoms with Gasteiger partial charge in [-0.25, -0.2) is 0 Å². The van der Waals surface area contributed by atoms with Crippen LogP contribution in [-0.2, 0) is 24.7 Å². The van der Waals surface area contributed by atoms with E-state index in [1.54, 1.807) is 44.7 Å². The molecule has 1 aliphatic rings. The van der Waals surface area contributed by atoms with E-state index in [4.69, 9.17) is 0 Å². The summed E-state index contributed by atoms with van der Waals surface area (Å²) in [6.45, 7) is 6.85. The zero-order chi connectivity index (χ0) is 9.14. The Hall–Kier alpha value is 0.943. The van der Waals surface area contributed by atoms with Crippen molar-refractivity contribution in [1.29, 1.82) is 0 Å². The van der Waals surface area contributed by atoms with Crippen molar-refractivity contribution < 1.29 is 49.5 Å². The van der Waals surface area contributed by atoms with Crippen LogP contribution in [0.1, 0.15) is 46.5 Å². The van der Waals surface area contributed by atoms with E-state index in [1.807, 2.05) is 0 Å². The average Bonchev–Trinajstić information content (AvgIpc) is 2.41. The SMILES string of the molecule is CCC1=[C]([Zr+2])C(CC)=C(CC)C1.[Cl-].[Cl-]. The molecule has 0 atom stereocenters. The zero-order valence-corrected chi connectivity index (χ0v) is 13.1. The van der Waals surface area contributed by atoms with Crippen LogP contribution in [0.5, 0.6) is 0 Å². The number of halogens is 2. The number of allylic oxidation sites excluding steroid dienone is 4. The number of rotatable bonds is 3. The van der Waals surface area contributed by atoms with Crippen LogP contribution in [0.25, 0.3) is 0 Å². The molecule has 79 valence electrons. The second-order valence-electron chi connectivity index (χ2n) is 3.30. The van der Waals surface area contributed by atoms with Crippen molar-refractivity contribution in [3.63, 3.8) is 0 Å². The molecule has 0 bridgehead atoms. The second kappa shape index (κ2) is 8.14. The third kappa shape index (κ3) is 3.51. The summed E-state index contributed by atoms with van der Waals surface area (Å²) in [7, 11) is 0. The first-order chi connectivity index (χ1) is 5.74. The van der Waals surface area contributed by atoms with Gasteiger partial charge in [-0.15, -0.1) is 0 Å². The minimum Gasteiger partial charge on any atom is -1.00 e. The molecular formula is C11H17Cl2Zr. The molecule has 1 rings (SSSR count). The molecule has 3 heteroatoms. The molecule has 0 amide bonds. The molecule has 0 spiro atoms. The minimum atomic E-state index is 0. The smallest absolute Gasteiger partial charge is 1.00 e. The van der Waals surface area contributed by atoms with E-state index in [0.717, 1.165) is 0 Å². The van der Waals surface area contributed by atoms with Crippen molar-refractivity contribution in [3.05, 3.63) is 20.0 Å². The fourth-order valence-corrected chi connectivity index (χ4v) is 3.43. The maximum atomic E-state index is 2.29. The molecule has 0 saturated carbocycles. The summed E-state index contributed by atoms with van der Waals surface area (Å²) in [6, 6.07) is 0. The van der Waals surface area contributed by atoms with Gasteiger partial charge in [-0.05, 0) is 0 Å². The Balaban J connectivity index is 0. The van der Waals surface area contributed by atoms with Gasteiger partial charge in [-0.3, -0.25) is 0 Å². The van der Waals surface area contributed by atoms with Gasteiger partial charge in [0.15, 0.2) is 0 Å². The summed E-state index contributed by atoms with van der Waals surface area (Å²) in [4.78, 5) is 0. The Kier molecular flexibility index (Phi) is 10.1. The van der Waals surface area contributed by atoms with E-state index in [0.29, 0.717) is 0 Å². The predicted octanol–water partition coefficient (Wildman–Crippen LogP) is -2.27. The Labute approximate surface area is 115 Å². The van der Waals surface area contributed by atoms with Gasteiger partial charge < -0.3 is 24.8 Å². The van der Waals surface area contributed by atoms with Gasteiger partial charge in [0.1, 0.15) is 0 Å². The monoisotopic (exact) mass is 309 g/mol. The van der Waals surface area contributed by atoms with Crippen LogP contribution < -0.4 is 24.8 Å². The molecule has 0 aromatic heterocycles. The normalized spacial score (nSPS) is 15.5. The summed E-state index contributed by atoms with van der Waals surface area (Å²) < 4.78 is 1.68. The molecule has 0 aliphatic heterocycles. The van der Waals surface area contributed by atoms with Gasteiger partial charge in [-0.1, -0.05) is 0 Å². The minimum absolute atomic E-state index is 0. The van der Waals surface area contributed by atoms with Crippen LogP contribution in [0, 0.1) is 0 Å². The van der Waals surface area contributed by atoms with E-state index in [1.165, 1.54) is 25.7 Å². The molecule has 0 heterocycles. The molecule has 0 unspecified atom stereocenters. The standard InChI is InChI=1S/C11H17.2ClH.Zr/c1-4-9-7-10(5-2)11(6-3)8-9;;;/h4-7H2,1-3H3;2*1H;/q;;;+2/p-2. The fraction of sp³-hybridized carbons (Fsp3) is 0.636. The maximum absolute atomic E-state index is 2.29. The van der Waals surface area contributed by atoms with Crippen molar-refractivity contribution in [1.82, 2.24) is 0 Å². The van der Waals surface area contributed by atoms with Gasteiger partial charge in [-0.2, -0.15) is 0 Å². The molecule has 1 aliphatic carbocycles. The van der Waals surface area contributed by atoms with Gasteiger partial charge in [0, 0.05) is 0 Å². The van der Waals surface area contributed by atoms with Crippen molar-refractivity contribution in [2.45, 2.75) is 46.5 Å². The van der Waals surface area contributed by atoms with Crippen molar-refractivity contribution in [3.8, 4) is 0 Å². The third-order valence-corrected chi connectivity index (χ3v) is 4.33. The topological polar surface area (TPSA) is 0 Å². The Morgan fingerprint density at radius 2 is 1.43 bits per heavy atom. The van der Waals surface area contributed by atoms with Gasteiger partial charge in [0.2, 0.25) is 0 Å². The van der Waals surface area contributed by atoms with E-state index in [-0.39, 0.29) is 24.8 Å². The first-order valence-electron chi connectivity index (χ1n) is 4.89. The molecule has 0 aromatic rings. The van der Waals surface area contributed by atoms with Gasteiger partial charge in [0.25, 0.3) is 0 Å². The molecule has 0 nitrogen and oxygen atoms in total. The molecular weight excluding hydrogens is 294 g/mol. The van der Waals surface area contributed by atoms with Crippen LogP contribution in [0.3, 0.4) is 0 Å². The quantitative estimate of drug-likeness (QED) is 0.551. The summed E-state index contributed by atoms with van der Waals surface area (Å²) in [5.74, 6) is 0. The summed E-state index contributed by atoms with van der Waals surface area (Å²) in [6.07, 6.45) is 5.04. The molecule has 0 radical (unpaired) electrons. The fourth-order valence-electron chi connectivity index (χ4n) is 1.91. The first-order valence-corrected chi connectivity index (χ1v) is 6.12. The predicted molar refractivity (Wildman–Crippen MR) is 49.5 cm³/mol. The Morgan fingerprint density at radius 3 is 1.71 bits per heavy atom. The molecule has 14 heavy (non-hydrogen) atoms. The van der Waals surface area contributed by atoms with Crippen molar-refractivity contribution in [2.24, 2.45) is 0 Å². The zero-order valence-electron chi connectivity index (χ0n) is 9.08. The van der Waals surface area contributed by atoms with Crippen molar-refractivity contribution in [2.75, 3.05) is 0 Å². The summed E-state index contributed by atoms with van der Waals surface area (Å²) >= 11 is 1.62. The average molecular weight is 311 g/mol. The van der Waals surface area contributed by atoms with Crippen LogP contribution in [0.4, 0.5) is 0 Å². The number of hydrogen-bond acceptors (Lipinski definition) is 0. The molecule has 0 saturated heterocycles. The Morgan fingerprint density at radius 1 is 0.929 bits per heavy atom. The summed E-state index contributed by atoms with van der Waals surface area (Å²) in [5.41, 5.74) is 5.11. The maximum Gasteiger partial charge on any atom is -1.00 e. The summed E-state index contributed by atoms with van der Waals surface area (Å²) in [5, 5.41) is 0. The van der Waals surface area contributed by atoms with Crippen molar-refractivity contribution >= 4 is 0 Å². The number of hydrogen-bond donors (Lipinski definition) is 0. The molecule has 0 fully saturated rings. The molecule has 0 N–H and O–H groups in total. The largest absolute Gasteiger partial charge is 1.00 e. The van der Waals surface area contributed by atoms with Crippen LogP contribution in [0.15, 0.2) is 20.0 Å².